The first-order chi connectivity index (χ1) is 12.8. The van der Waals surface area contributed by atoms with Crippen LogP contribution in [0.25, 0.3) is 0 Å². The van der Waals surface area contributed by atoms with Crippen molar-refractivity contribution in [1.29, 1.82) is 0 Å². The van der Waals surface area contributed by atoms with Crippen molar-refractivity contribution in [3.05, 3.63) is 28.2 Å². The lowest BCUT2D eigenvalue weighted by molar-refractivity contribution is -0.139. The van der Waals surface area contributed by atoms with Gasteiger partial charge in [0.2, 0.25) is 11.8 Å². The van der Waals surface area contributed by atoms with Crippen LogP contribution >= 0.6 is 15.9 Å². The van der Waals surface area contributed by atoms with Crippen LogP contribution < -0.4 is 5.32 Å². The zero-order chi connectivity index (χ0) is 20.0. The molecule has 150 valence electrons. The van der Waals surface area contributed by atoms with E-state index in [9.17, 15) is 9.59 Å². The minimum absolute atomic E-state index is 0.108. The standard InChI is InChI=1S/C21H32BrN3O2/c1-5-25(18-9-7-6-8-10-18)21(27)16(3)24(4)14-20(26)23-19-12-11-17(22)13-15(19)2/h11-13,16,18H,5-10,14H2,1-4H3,(H,23,26)/t16-/m1/s1. The molecular formula is C21H32BrN3O2. The molecule has 0 aromatic heterocycles. The molecule has 0 spiro atoms. The van der Waals surface area contributed by atoms with Crippen LogP contribution in [0.2, 0.25) is 0 Å². The Morgan fingerprint density at radius 1 is 1.26 bits per heavy atom. The topological polar surface area (TPSA) is 52.7 Å². The van der Waals surface area contributed by atoms with Crippen LogP contribution in [0.15, 0.2) is 22.7 Å². The summed E-state index contributed by atoms with van der Waals surface area (Å²) in [5.74, 6) is 0.0165. The molecule has 1 saturated carbocycles. The molecule has 0 heterocycles. The fourth-order valence-electron chi connectivity index (χ4n) is 3.74. The Hall–Kier alpha value is -1.40. The van der Waals surface area contributed by atoms with Gasteiger partial charge in [0.05, 0.1) is 12.6 Å². The highest BCUT2D eigenvalue weighted by molar-refractivity contribution is 9.10. The third-order valence-corrected chi connectivity index (χ3v) is 6.01. The number of benzene rings is 1. The molecule has 5 nitrogen and oxygen atoms in total. The number of hydrogen-bond donors (Lipinski definition) is 1. The predicted octanol–water partition coefficient (Wildman–Crippen LogP) is 4.20. The summed E-state index contributed by atoms with van der Waals surface area (Å²) in [5.41, 5.74) is 1.80. The zero-order valence-electron chi connectivity index (χ0n) is 16.9. The molecule has 27 heavy (non-hydrogen) atoms. The lowest BCUT2D eigenvalue weighted by Crippen LogP contribution is -2.51. The number of amides is 2. The molecule has 2 amide bonds. The highest BCUT2D eigenvalue weighted by Gasteiger charge is 2.29. The second-order valence-electron chi connectivity index (χ2n) is 7.51. The Morgan fingerprint density at radius 3 is 2.52 bits per heavy atom. The molecule has 0 bridgehead atoms. The van der Waals surface area contributed by atoms with Crippen molar-refractivity contribution in [2.75, 3.05) is 25.5 Å². The Kier molecular flexibility index (Phi) is 8.29. The molecule has 0 aliphatic heterocycles. The van der Waals surface area contributed by atoms with E-state index in [-0.39, 0.29) is 24.4 Å². The normalized spacial score (nSPS) is 16.2. The van der Waals surface area contributed by atoms with Crippen molar-refractivity contribution in [3.63, 3.8) is 0 Å². The van der Waals surface area contributed by atoms with Crippen LogP contribution in [0.5, 0.6) is 0 Å². The summed E-state index contributed by atoms with van der Waals surface area (Å²) in [6.45, 7) is 6.81. The van der Waals surface area contributed by atoms with Gasteiger partial charge in [-0.3, -0.25) is 14.5 Å². The van der Waals surface area contributed by atoms with Gasteiger partial charge >= 0.3 is 0 Å². The molecule has 0 radical (unpaired) electrons. The molecule has 6 heteroatoms. The first-order valence-electron chi connectivity index (χ1n) is 9.90. The van der Waals surface area contributed by atoms with Crippen molar-refractivity contribution < 1.29 is 9.59 Å². The molecule has 1 fully saturated rings. The van der Waals surface area contributed by atoms with E-state index in [1.807, 2.05) is 55.8 Å². The van der Waals surface area contributed by atoms with Crippen molar-refractivity contribution in [1.82, 2.24) is 9.80 Å². The van der Waals surface area contributed by atoms with Crippen molar-refractivity contribution in [2.45, 2.75) is 65.0 Å². The maximum absolute atomic E-state index is 13.0. The summed E-state index contributed by atoms with van der Waals surface area (Å²) in [7, 11) is 1.84. The predicted molar refractivity (Wildman–Crippen MR) is 114 cm³/mol. The Labute approximate surface area is 171 Å². The first-order valence-corrected chi connectivity index (χ1v) is 10.7. The number of rotatable bonds is 7. The lowest BCUT2D eigenvalue weighted by Gasteiger charge is -2.37. The quantitative estimate of drug-likeness (QED) is 0.695. The zero-order valence-corrected chi connectivity index (χ0v) is 18.5. The average Bonchev–Trinajstić information content (AvgIpc) is 2.64. The number of anilines is 1. The molecule has 1 atom stereocenters. The lowest BCUT2D eigenvalue weighted by atomic mass is 9.93. The number of aryl methyl sites for hydroxylation is 1. The van der Waals surface area contributed by atoms with Crippen LogP contribution in [0.4, 0.5) is 5.69 Å². The molecule has 0 saturated heterocycles. The van der Waals surface area contributed by atoms with Crippen LogP contribution in [0.1, 0.15) is 51.5 Å². The molecule has 0 unspecified atom stereocenters. The Balaban J connectivity index is 1.93. The van der Waals surface area contributed by atoms with E-state index in [1.165, 1.54) is 19.3 Å². The van der Waals surface area contributed by atoms with Crippen LogP contribution in [-0.2, 0) is 9.59 Å². The van der Waals surface area contributed by atoms with Crippen LogP contribution in [-0.4, -0.2) is 53.8 Å². The number of likely N-dealkylation sites (N-methyl/N-ethyl adjacent to an activating group) is 2. The summed E-state index contributed by atoms with van der Waals surface area (Å²) in [4.78, 5) is 29.3. The number of nitrogens with one attached hydrogen (secondary N) is 1. The van der Waals surface area contributed by atoms with Gasteiger partial charge in [0.15, 0.2) is 0 Å². The average molecular weight is 438 g/mol. The second kappa shape index (κ2) is 10.2. The minimum Gasteiger partial charge on any atom is -0.339 e. The van der Waals surface area contributed by atoms with Gasteiger partial charge in [0, 0.05) is 22.7 Å². The summed E-state index contributed by atoms with van der Waals surface area (Å²) < 4.78 is 0.983. The Bertz CT molecular complexity index is 659. The molecule has 1 aromatic carbocycles. The molecule has 1 aliphatic carbocycles. The summed E-state index contributed by atoms with van der Waals surface area (Å²) in [6, 6.07) is 5.79. The molecule has 1 N–H and O–H groups in total. The van der Waals surface area contributed by atoms with Crippen molar-refractivity contribution in [2.24, 2.45) is 0 Å². The van der Waals surface area contributed by atoms with E-state index in [0.29, 0.717) is 6.04 Å². The van der Waals surface area contributed by atoms with E-state index in [1.54, 1.807) is 0 Å². The number of carbonyl (C=O) groups excluding carboxylic acids is 2. The van der Waals surface area contributed by atoms with E-state index in [4.69, 9.17) is 0 Å². The van der Waals surface area contributed by atoms with Gasteiger partial charge in [-0.15, -0.1) is 0 Å². The van der Waals surface area contributed by atoms with Gasteiger partial charge in [0.1, 0.15) is 0 Å². The SMILES string of the molecule is CCN(C(=O)[C@@H](C)N(C)CC(=O)Nc1ccc(Br)cc1C)C1CCCCC1. The molecule has 2 rings (SSSR count). The van der Waals surface area contributed by atoms with Crippen LogP contribution in [0, 0.1) is 6.92 Å². The maximum atomic E-state index is 13.0. The largest absolute Gasteiger partial charge is 0.339 e. The minimum atomic E-state index is -0.316. The van der Waals surface area contributed by atoms with E-state index < -0.39 is 0 Å². The second-order valence-corrected chi connectivity index (χ2v) is 8.43. The first kappa shape index (κ1) is 21.9. The molecular weight excluding hydrogens is 406 g/mol. The summed E-state index contributed by atoms with van der Waals surface area (Å²) in [5, 5.41) is 2.94. The highest BCUT2D eigenvalue weighted by Crippen LogP contribution is 2.24. The van der Waals surface area contributed by atoms with Crippen LogP contribution in [0.3, 0.4) is 0 Å². The van der Waals surface area contributed by atoms with Crippen molar-refractivity contribution in [3.8, 4) is 0 Å². The monoisotopic (exact) mass is 437 g/mol. The number of carbonyl (C=O) groups is 2. The van der Waals surface area contributed by atoms with E-state index in [2.05, 4.69) is 21.2 Å². The van der Waals surface area contributed by atoms with Gasteiger partial charge in [-0.25, -0.2) is 0 Å². The van der Waals surface area contributed by atoms with Gasteiger partial charge in [-0.05, 0) is 64.4 Å². The Morgan fingerprint density at radius 2 is 1.93 bits per heavy atom. The highest BCUT2D eigenvalue weighted by atomic mass is 79.9. The fraction of sp³-hybridized carbons (Fsp3) is 0.619. The van der Waals surface area contributed by atoms with Gasteiger partial charge < -0.3 is 10.2 Å². The smallest absolute Gasteiger partial charge is 0.239 e. The van der Waals surface area contributed by atoms with Gasteiger partial charge in [-0.2, -0.15) is 0 Å². The third kappa shape index (κ3) is 6.04. The molecule has 1 aliphatic rings. The number of halogens is 1. The number of hydrogen-bond acceptors (Lipinski definition) is 3. The van der Waals surface area contributed by atoms with E-state index in [0.717, 1.165) is 35.1 Å². The molecule has 1 aromatic rings. The summed E-state index contributed by atoms with van der Waals surface area (Å²) >= 11 is 3.43. The third-order valence-electron chi connectivity index (χ3n) is 5.51. The summed E-state index contributed by atoms with van der Waals surface area (Å²) in [6.07, 6.45) is 5.87. The fourth-order valence-corrected chi connectivity index (χ4v) is 4.21. The number of nitrogens with zero attached hydrogens (tertiary/aromatic N) is 2. The van der Waals surface area contributed by atoms with Gasteiger partial charge in [0.25, 0.3) is 0 Å². The van der Waals surface area contributed by atoms with Crippen molar-refractivity contribution >= 4 is 33.4 Å². The van der Waals surface area contributed by atoms with E-state index >= 15 is 0 Å². The van der Waals surface area contributed by atoms with Gasteiger partial charge in [-0.1, -0.05) is 35.2 Å². The maximum Gasteiger partial charge on any atom is 0.239 e.